The summed E-state index contributed by atoms with van der Waals surface area (Å²) in [5.41, 5.74) is 9.14. The number of piperidine rings is 2. The fourth-order valence-electron chi connectivity index (χ4n) is 8.92. The van der Waals surface area contributed by atoms with E-state index in [1.807, 2.05) is 64.2 Å². The molecule has 4 aliphatic heterocycles. The number of hydrogen-bond acceptors (Lipinski definition) is 13. The van der Waals surface area contributed by atoms with Gasteiger partial charge in [-0.2, -0.15) is 5.10 Å². The van der Waals surface area contributed by atoms with E-state index in [-0.39, 0.29) is 48.4 Å². The third kappa shape index (κ3) is 8.40. The zero-order valence-electron chi connectivity index (χ0n) is 34.6. The Hall–Kier alpha value is -7.21. The molecule has 0 saturated carbocycles. The van der Waals surface area contributed by atoms with E-state index < -0.39 is 29.7 Å². The van der Waals surface area contributed by atoms with Crippen molar-refractivity contribution in [2.75, 3.05) is 63.4 Å². The lowest BCUT2D eigenvalue weighted by molar-refractivity contribution is -0.136. The standard InChI is InChI=1S/C45H47N11O7/c46-41-39-40(28-13-15-31(16-14-28)63-30-8-2-1-3-9-30)51-56(42(39)49-27-48-41)29-7-5-20-54(26-29)36(58)12-6-19-52-21-23-53(24-22-52)37(59)25-47-33-11-4-10-32-38(33)45(62)55(44(32)61)34-17-18-35(57)50-43(34)60/h1-4,8-11,13-16,27,29,34,47H,5-7,12,17-26H2,(H2,46,48,49)(H,50,57,60)/t29-,34?/m1/s1. The number of rotatable bonds is 12. The van der Waals surface area contributed by atoms with Crippen molar-refractivity contribution >= 4 is 58.0 Å². The van der Waals surface area contributed by atoms with Crippen LogP contribution in [0.1, 0.15) is 65.3 Å². The summed E-state index contributed by atoms with van der Waals surface area (Å²) in [4.78, 5) is 93.3. The molecular formula is C45H47N11O7. The molecule has 4 aliphatic rings. The minimum atomic E-state index is -1.08. The molecule has 3 aromatic carbocycles. The first kappa shape index (κ1) is 41.2. The van der Waals surface area contributed by atoms with Crippen LogP contribution in [-0.4, -0.2) is 133 Å². The van der Waals surface area contributed by atoms with Gasteiger partial charge in [-0.25, -0.2) is 14.6 Å². The van der Waals surface area contributed by atoms with Gasteiger partial charge >= 0.3 is 0 Å². The van der Waals surface area contributed by atoms with Crippen molar-refractivity contribution in [1.29, 1.82) is 0 Å². The number of amides is 6. The van der Waals surface area contributed by atoms with Crippen LogP contribution in [0, 0.1) is 0 Å². The molecular weight excluding hydrogens is 807 g/mol. The zero-order chi connectivity index (χ0) is 43.6. The van der Waals surface area contributed by atoms with E-state index >= 15 is 0 Å². The number of anilines is 2. The highest BCUT2D eigenvalue weighted by Crippen LogP contribution is 2.36. The maximum Gasteiger partial charge on any atom is 0.264 e. The lowest BCUT2D eigenvalue weighted by Gasteiger charge is -2.35. The minimum absolute atomic E-state index is 0.0267. The van der Waals surface area contributed by atoms with E-state index in [4.69, 9.17) is 15.6 Å². The first-order valence-electron chi connectivity index (χ1n) is 21.3. The van der Waals surface area contributed by atoms with Gasteiger partial charge in [0.2, 0.25) is 23.6 Å². The summed E-state index contributed by atoms with van der Waals surface area (Å²) in [5, 5.41) is 10.9. The van der Waals surface area contributed by atoms with E-state index in [9.17, 15) is 28.8 Å². The lowest BCUT2D eigenvalue weighted by atomic mass is 10.0. The molecule has 4 N–H and O–H groups in total. The number of aromatic nitrogens is 4. The molecule has 2 aromatic heterocycles. The quantitative estimate of drug-likeness (QED) is 0.153. The van der Waals surface area contributed by atoms with E-state index in [1.165, 1.54) is 12.4 Å². The maximum absolute atomic E-state index is 13.6. The summed E-state index contributed by atoms with van der Waals surface area (Å²) in [6, 6.07) is 20.8. The number of nitrogen functional groups attached to an aromatic ring is 1. The van der Waals surface area contributed by atoms with Gasteiger partial charge < -0.3 is 25.6 Å². The molecule has 0 spiro atoms. The summed E-state index contributed by atoms with van der Waals surface area (Å²) >= 11 is 0. The number of carbonyl (C=O) groups excluding carboxylic acids is 6. The molecule has 63 heavy (non-hydrogen) atoms. The Morgan fingerprint density at radius 3 is 2.38 bits per heavy atom. The van der Waals surface area contributed by atoms with Crippen LogP contribution in [0.25, 0.3) is 22.3 Å². The number of ether oxygens (including phenoxy) is 1. The minimum Gasteiger partial charge on any atom is -0.457 e. The Labute approximate surface area is 362 Å². The van der Waals surface area contributed by atoms with E-state index in [0.717, 1.165) is 35.6 Å². The second kappa shape index (κ2) is 17.6. The number of para-hydroxylation sites is 1. The zero-order valence-corrected chi connectivity index (χ0v) is 34.6. The molecule has 3 saturated heterocycles. The van der Waals surface area contributed by atoms with Crippen LogP contribution in [0.4, 0.5) is 11.5 Å². The summed E-state index contributed by atoms with van der Waals surface area (Å²) in [7, 11) is 0. The number of likely N-dealkylation sites (tertiary alicyclic amines) is 1. The van der Waals surface area contributed by atoms with Crippen LogP contribution < -0.4 is 21.1 Å². The van der Waals surface area contributed by atoms with Gasteiger partial charge in [-0.1, -0.05) is 24.3 Å². The second-order valence-electron chi connectivity index (χ2n) is 16.2. The Morgan fingerprint density at radius 1 is 0.825 bits per heavy atom. The summed E-state index contributed by atoms with van der Waals surface area (Å²) in [6.07, 6.45) is 4.27. The predicted molar refractivity (Wildman–Crippen MR) is 230 cm³/mol. The Bertz CT molecular complexity index is 2590. The third-order valence-corrected chi connectivity index (χ3v) is 12.2. The molecule has 0 aliphatic carbocycles. The third-order valence-electron chi connectivity index (χ3n) is 12.2. The molecule has 3 fully saturated rings. The Balaban J connectivity index is 0.750. The molecule has 0 radical (unpaired) electrons. The monoisotopic (exact) mass is 853 g/mol. The van der Waals surface area contributed by atoms with E-state index in [0.29, 0.717) is 86.1 Å². The number of piperazine rings is 1. The van der Waals surface area contributed by atoms with Crippen LogP contribution in [0.5, 0.6) is 11.5 Å². The van der Waals surface area contributed by atoms with E-state index in [1.54, 1.807) is 17.0 Å². The summed E-state index contributed by atoms with van der Waals surface area (Å²) in [5.74, 6) is -0.661. The van der Waals surface area contributed by atoms with Crippen molar-refractivity contribution < 1.29 is 33.5 Å². The highest BCUT2D eigenvalue weighted by molar-refractivity contribution is 6.25. The number of nitrogens with zero attached hydrogens (tertiary/aromatic N) is 8. The average molecular weight is 854 g/mol. The van der Waals surface area contributed by atoms with Crippen LogP contribution in [0.3, 0.4) is 0 Å². The number of benzene rings is 3. The van der Waals surface area contributed by atoms with Gasteiger partial charge in [0.15, 0.2) is 5.65 Å². The van der Waals surface area contributed by atoms with Crippen molar-refractivity contribution in [3.63, 3.8) is 0 Å². The molecule has 18 nitrogen and oxygen atoms in total. The molecule has 6 heterocycles. The molecule has 5 aromatic rings. The molecule has 18 heteroatoms. The fourth-order valence-corrected chi connectivity index (χ4v) is 8.92. The van der Waals surface area contributed by atoms with Crippen molar-refractivity contribution in [2.24, 2.45) is 0 Å². The van der Waals surface area contributed by atoms with Gasteiger partial charge in [-0.15, -0.1) is 0 Å². The molecule has 6 amide bonds. The number of fused-ring (bicyclic) bond motifs is 2. The highest BCUT2D eigenvalue weighted by Gasteiger charge is 2.45. The van der Waals surface area contributed by atoms with Gasteiger partial charge in [-0.3, -0.25) is 43.9 Å². The second-order valence-corrected chi connectivity index (χ2v) is 16.2. The molecule has 0 bridgehead atoms. The Kier molecular flexibility index (Phi) is 11.5. The van der Waals surface area contributed by atoms with Gasteiger partial charge in [0.1, 0.15) is 35.4 Å². The van der Waals surface area contributed by atoms with Crippen LogP contribution in [0.2, 0.25) is 0 Å². The molecule has 1 unspecified atom stereocenters. The maximum atomic E-state index is 13.6. The molecule has 2 atom stereocenters. The number of nitrogens with one attached hydrogen (secondary N) is 2. The first-order chi connectivity index (χ1) is 30.6. The first-order valence-corrected chi connectivity index (χ1v) is 21.3. The number of hydrogen-bond donors (Lipinski definition) is 3. The van der Waals surface area contributed by atoms with Gasteiger partial charge in [0, 0.05) is 63.4 Å². The lowest BCUT2D eigenvalue weighted by Crippen LogP contribution is -2.54. The number of carbonyl (C=O) groups is 6. The van der Waals surface area contributed by atoms with Crippen molar-refractivity contribution in [3.05, 3.63) is 90.3 Å². The SMILES string of the molecule is Nc1ncnc2c1c(-c1ccc(Oc3ccccc3)cc1)nn2[C@@H]1CCCN(C(=O)CCCN2CCN(C(=O)CNc3cccc4c3C(=O)N(C3CCC(=O)NC3=O)C4=O)CC2)C1. The van der Waals surface area contributed by atoms with Crippen LogP contribution in [0.15, 0.2) is 79.1 Å². The fraction of sp³-hybridized carbons (Fsp3) is 0.356. The average Bonchev–Trinajstić information content (AvgIpc) is 3.82. The Morgan fingerprint density at radius 2 is 1.60 bits per heavy atom. The van der Waals surface area contributed by atoms with Gasteiger partial charge in [0.25, 0.3) is 11.8 Å². The largest absolute Gasteiger partial charge is 0.457 e. The van der Waals surface area contributed by atoms with Crippen LogP contribution >= 0.6 is 0 Å². The number of nitrogens with two attached hydrogens (primary N) is 1. The summed E-state index contributed by atoms with van der Waals surface area (Å²) in [6.45, 7) is 4.14. The topological polar surface area (TPSA) is 218 Å². The predicted octanol–water partition coefficient (Wildman–Crippen LogP) is 3.47. The van der Waals surface area contributed by atoms with E-state index in [2.05, 4.69) is 25.5 Å². The molecule has 324 valence electrons. The summed E-state index contributed by atoms with van der Waals surface area (Å²) < 4.78 is 7.88. The van der Waals surface area contributed by atoms with Crippen LogP contribution in [-0.2, 0) is 19.2 Å². The smallest absolute Gasteiger partial charge is 0.264 e. The van der Waals surface area contributed by atoms with Gasteiger partial charge in [0.05, 0.1) is 29.1 Å². The van der Waals surface area contributed by atoms with Crippen molar-refractivity contribution in [2.45, 2.75) is 50.6 Å². The number of imide groups is 2. The van der Waals surface area contributed by atoms with Crippen molar-refractivity contribution in [1.82, 2.24) is 44.7 Å². The normalized spacial score (nSPS) is 19.3. The molecule has 9 rings (SSSR count). The highest BCUT2D eigenvalue weighted by atomic mass is 16.5. The van der Waals surface area contributed by atoms with Gasteiger partial charge in [-0.05, 0) is 80.8 Å². The van der Waals surface area contributed by atoms with Crippen molar-refractivity contribution in [3.8, 4) is 22.8 Å².